The van der Waals surface area contributed by atoms with Crippen LogP contribution in [-0.4, -0.2) is 5.75 Å². The number of hydrogen-bond acceptors (Lipinski definition) is 0. The highest BCUT2D eigenvalue weighted by molar-refractivity contribution is 8.55. The molecule has 2 heteroatoms. The first-order valence-electron chi connectivity index (χ1n) is 3.95. The fraction of sp³-hybridized carbons (Fsp3) is 0.200. The summed E-state index contributed by atoms with van der Waals surface area (Å²) in [5.74, 6) is 0.989. The van der Waals surface area contributed by atoms with Crippen molar-refractivity contribution in [3.8, 4) is 0 Å². The van der Waals surface area contributed by atoms with Gasteiger partial charge in [-0.2, -0.15) is 0 Å². The fourth-order valence-corrected chi connectivity index (χ4v) is 2.38. The molecule has 0 aromatic heterocycles. The topological polar surface area (TPSA) is 0 Å². The molecule has 0 saturated heterocycles. The van der Waals surface area contributed by atoms with E-state index in [9.17, 15) is 0 Å². The van der Waals surface area contributed by atoms with Crippen LogP contribution < -0.4 is 0 Å². The van der Waals surface area contributed by atoms with Crippen LogP contribution in [0.15, 0.2) is 47.3 Å². The lowest BCUT2D eigenvalue weighted by Gasteiger charge is -2.22. The smallest absolute Gasteiger partial charge is 0.00577 e. The van der Waals surface area contributed by atoms with E-state index in [1.165, 1.54) is 0 Å². The van der Waals surface area contributed by atoms with Crippen LogP contribution in [-0.2, 0) is 0 Å². The van der Waals surface area contributed by atoms with Gasteiger partial charge in [-0.1, -0.05) is 54.1 Å². The van der Waals surface area contributed by atoms with Crippen LogP contribution in [0.3, 0.4) is 0 Å². The lowest BCUT2D eigenvalue weighted by Crippen LogP contribution is -1.84. The average Bonchev–Trinajstić information content (AvgIpc) is 2.18. The first kappa shape index (κ1) is 9.69. The van der Waals surface area contributed by atoms with Gasteiger partial charge in [-0.15, -0.1) is 9.24 Å². The van der Waals surface area contributed by atoms with Crippen molar-refractivity contribution < 1.29 is 0 Å². The number of allylic oxidation sites excluding steroid dienone is 6. The maximum atomic E-state index is 6.35. The van der Waals surface area contributed by atoms with Gasteiger partial charge in [0.25, 0.3) is 0 Å². The highest BCUT2D eigenvalue weighted by Crippen LogP contribution is 2.55. The molecule has 0 aromatic carbocycles. The summed E-state index contributed by atoms with van der Waals surface area (Å²) in [6, 6.07) is 0. The van der Waals surface area contributed by atoms with E-state index in [2.05, 4.69) is 17.7 Å². The van der Waals surface area contributed by atoms with Crippen molar-refractivity contribution in [3.05, 3.63) is 47.3 Å². The largest absolute Gasteiger partial charge is 0.122 e. The fourth-order valence-electron chi connectivity index (χ4n) is 0.846. The molecule has 12 heavy (non-hydrogen) atoms. The molecule has 1 heterocycles. The van der Waals surface area contributed by atoms with Gasteiger partial charge in [-0.25, -0.2) is 0 Å². The zero-order chi connectivity index (χ0) is 8.86. The standard InChI is InChI=1S/C10H13ClS/c1-2-12(11)9-7-5-3-4-6-8-10-12/h3-10H,2H2,1H3/b5-3-,6-4-,9-7-,10-8-. The summed E-state index contributed by atoms with van der Waals surface area (Å²) in [4.78, 5) is 0. The van der Waals surface area contributed by atoms with E-state index >= 15 is 0 Å². The Balaban J connectivity index is 2.87. The SMILES string of the molecule is CCS1(Cl)\C=C/C=C\C=C/C=C\1. The van der Waals surface area contributed by atoms with E-state index in [-0.39, 0.29) is 0 Å². The predicted octanol–water partition coefficient (Wildman–Crippen LogP) is 4.12. The van der Waals surface area contributed by atoms with Crippen LogP contribution >= 0.6 is 19.9 Å². The minimum Gasteiger partial charge on any atom is -0.122 e. The van der Waals surface area contributed by atoms with Gasteiger partial charge in [0.1, 0.15) is 0 Å². The van der Waals surface area contributed by atoms with Crippen LogP contribution in [0.4, 0.5) is 0 Å². The number of hydrogen-bond donors (Lipinski definition) is 0. The molecule has 0 fully saturated rings. The van der Waals surface area contributed by atoms with Crippen molar-refractivity contribution in [3.63, 3.8) is 0 Å². The highest BCUT2D eigenvalue weighted by Gasteiger charge is 2.09. The summed E-state index contributed by atoms with van der Waals surface area (Å²) >= 11 is 0. The second kappa shape index (κ2) is 4.58. The molecule has 0 spiro atoms. The van der Waals surface area contributed by atoms with Crippen molar-refractivity contribution >= 4 is 19.9 Å². The van der Waals surface area contributed by atoms with E-state index in [0.717, 1.165) is 5.75 Å². The summed E-state index contributed by atoms with van der Waals surface area (Å²) in [6.45, 7) is 2.11. The summed E-state index contributed by atoms with van der Waals surface area (Å²) < 4.78 is 0. The average molecular weight is 201 g/mol. The van der Waals surface area contributed by atoms with Crippen LogP contribution in [0.1, 0.15) is 6.92 Å². The van der Waals surface area contributed by atoms with Crippen molar-refractivity contribution in [2.24, 2.45) is 0 Å². The second-order valence-electron chi connectivity index (χ2n) is 2.47. The van der Waals surface area contributed by atoms with E-state index in [0.29, 0.717) is 0 Å². The van der Waals surface area contributed by atoms with Gasteiger partial charge in [-0.05, 0) is 16.6 Å². The Hall–Kier alpha value is -0.400. The predicted molar refractivity (Wildman–Crippen MR) is 60.5 cm³/mol. The Morgan fingerprint density at radius 1 is 0.917 bits per heavy atom. The minimum absolute atomic E-state index is 0.989. The molecule has 0 aromatic rings. The van der Waals surface area contributed by atoms with Crippen LogP contribution in [0, 0.1) is 0 Å². The molecule has 1 aliphatic heterocycles. The summed E-state index contributed by atoms with van der Waals surface area (Å²) in [5, 5.41) is 4.18. The van der Waals surface area contributed by atoms with Gasteiger partial charge in [0.05, 0.1) is 0 Å². The van der Waals surface area contributed by atoms with Crippen molar-refractivity contribution in [1.82, 2.24) is 0 Å². The molecule has 0 radical (unpaired) electrons. The van der Waals surface area contributed by atoms with Gasteiger partial charge in [0, 0.05) is 0 Å². The van der Waals surface area contributed by atoms with Crippen LogP contribution in [0.2, 0.25) is 0 Å². The first-order valence-corrected chi connectivity index (χ1v) is 6.71. The van der Waals surface area contributed by atoms with E-state index in [1.807, 2.05) is 36.5 Å². The summed E-state index contributed by atoms with van der Waals surface area (Å²) in [6.07, 6.45) is 12.0. The summed E-state index contributed by atoms with van der Waals surface area (Å²) in [7, 11) is 5.20. The third-order valence-corrected chi connectivity index (χ3v) is 4.98. The van der Waals surface area contributed by atoms with Gasteiger partial charge >= 0.3 is 0 Å². The maximum Gasteiger partial charge on any atom is -0.00577 e. The zero-order valence-electron chi connectivity index (χ0n) is 7.11. The molecule has 0 unspecified atom stereocenters. The number of halogens is 1. The zero-order valence-corrected chi connectivity index (χ0v) is 8.68. The van der Waals surface area contributed by atoms with E-state index < -0.39 is 9.24 Å². The molecular weight excluding hydrogens is 188 g/mol. The van der Waals surface area contributed by atoms with Gasteiger partial charge in [0.2, 0.25) is 0 Å². The van der Waals surface area contributed by atoms with E-state index in [1.54, 1.807) is 0 Å². The van der Waals surface area contributed by atoms with Gasteiger partial charge < -0.3 is 0 Å². The lowest BCUT2D eigenvalue weighted by atomic mass is 10.4. The third kappa shape index (κ3) is 2.92. The Labute approximate surface area is 80.1 Å². The molecule has 0 aliphatic carbocycles. The molecule has 0 atom stereocenters. The molecule has 0 saturated carbocycles. The minimum atomic E-state index is -1.15. The molecule has 0 nitrogen and oxygen atoms in total. The van der Waals surface area contributed by atoms with Gasteiger partial charge in [-0.3, -0.25) is 0 Å². The normalized spacial score (nSPS) is 33.5. The Morgan fingerprint density at radius 2 is 1.33 bits per heavy atom. The Bertz CT molecular complexity index is 227. The second-order valence-corrected chi connectivity index (χ2v) is 6.83. The highest BCUT2D eigenvalue weighted by atomic mass is 35.7. The molecule has 0 amide bonds. The molecule has 1 rings (SSSR count). The van der Waals surface area contributed by atoms with Gasteiger partial charge in [0.15, 0.2) is 0 Å². The van der Waals surface area contributed by atoms with Crippen LogP contribution in [0.25, 0.3) is 0 Å². The monoisotopic (exact) mass is 200 g/mol. The van der Waals surface area contributed by atoms with Crippen molar-refractivity contribution in [2.45, 2.75) is 6.92 Å². The third-order valence-electron chi connectivity index (χ3n) is 1.61. The molecule has 0 bridgehead atoms. The number of rotatable bonds is 1. The summed E-state index contributed by atoms with van der Waals surface area (Å²) in [5.41, 5.74) is 0. The van der Waals surface area contributed by atoms with Crippen molar-refractivity contribution in [1.29, 1.82) is 0 Å². The molecule has 66 valence electrons. The van der Waals surface area contributed by atoms with Crippen LogP contribution in [0.5, 0.6) is 0 Å². The lowest BCUT2D eigenvalue weighted by molar-refractivity contribution is 1.52. The molecule has 0 N–H and O–H groups in total. The molecule has 1 aliphatic rings. The maximum absolute atomic E-state index is 6.35. The Morgan fingerprint density at radius 3 is 1.75 bits per heavy atom. The first-order chi connectivity index (χ1) is 5.77. The molecular formula is C10H13ClS. The van der Waals surface area contributed by atoms with E-state index in [4.69, 9.17) is 10.7 Å². The quantitative estimate of drug-likeness (QED) is 0.598. The van der Waals surface area contributed by atoms with Crippen molar-refractivity contribution in [2.75, 3.05) is 5.75 Å². The Kier molecular flexibility index (Phi) is 3.70.